The summed E-state index contributed by atoms with van der Waals surface area (Å²) in [5.41, 5.74) is 2.02. The summed E-state index contributed by atoms with van der Waals surface area (Å²) in [4.78, 5) is 15.5. The van der Waals surface area contributed by atoms with Gasteiger partial charge in [-0.25, -0.2) is 0 Å². The minimum atomic E-state index is -4.59. The van der Waals surface area contributed by atoms with Crippen LogP contribution in [0.2, 0.25) is 0 Å². The number of aromatic nitrogens is 2. The van der Waals surface area contributed by atoms with Gasteiger partial charge in [0, 0.05) is 24.3 Å². The Kier molecular flexibility index (Phi) is 7.70. The summed E-state index contributed by atoms with van der Waals surface area (Å²) in [6, 6.07) is 16.8. The van der Waals surface area contributed by atoms with Gasteiger partial charge in [-0.05, 0) is 47.7 Å². The van der Waals surface area contributed by atoms with Gasteiger partial charge in [-0.1, -0.05) is 59.8 Å². The van der Waals surface area contributed by atoms with Crippen LogP contribution >= 0.6 is 0 Å². The van der Waals surface area contributed by atoms with Gasteiger partial charge in [0.15, 0.2) is 0 Å². The molecule has 0 aliphatic carbocycles. The van der Waals surface area contributed by atoms with Crippen molar-refractivity contribution in [3.05, 3.63) is 83.4 Å². The Morgan fingerprint density at radius 2 is 1.73 bits per heavy atom. The zero-order valence-corrected chi connectivity index (χ0v) is 19.8. The van der Waals surface area contributed by atoms with Crippen LogP contribution in [0.25, 0.3) is 34.0 Å². The maximum atomic E-state index is 14.0. The molecule has 1 aromatic heterocycles. The minimum Gasteiger partial charge on any atom is -0.480 e. The lowest BCUT2D eigenvalue weighted by molar-refractivity contribution is -0.140. The molecule has 1 heterocycles. The van der Waals surface area contributed by atoms with E-state index >= 15 is 0 Å². The molecule has 4 rings (SSSR count). The van der Waals surface area contributed by atoms with Crippen molar-refractivity contribution in [2.75, 3.05) is 6.61 Å². The highest BCUT2D eigenvalue weighted by Crippen LogP contribution is 2.40. The quantitative estimate of drug-likeness (QED) is 0.279. The van der Waals surface area contributed by atoms with Crippen molar-refractivity contribution in [1.29, 1.82) is 0 Å². The standard InChI is InChI=1S/C27H24F3N3O4/c1-16-4-2-3-5-20(16)21-11-10-19(14-22(21)27(28,29)30)25-32-24(33-37-25)18-8-6-17(7-9-18)15-31-23(12-13-34)26(35)36/h2-11,14,23,31,34H,12-13,15H2,1H3,(H,35,36). The molecule has 0 saturated carbocycles. The van der Waals surface area contributed by atoms with Crippen molar-refractivity contribution >= 4 is 5.97 Å². The SMILES string of the molecule is Cc1ccccc1-c1ccc(-c2nc(-c3ccc(CNC(CCO)C(=O)O)cc3)no2)cc1C(F)(F)F. The largest absolute Gasteiger partial charge is 0.480 e. The molecule has 7 nitrogen and oxygen atoms in total. The molecule has 0 bridgehead atoms. The Morgan fingerprint density at radius 3 is 2.38 bits per heavy atom. The lowest BCUT2D eigenvalue weighted by Crippen LogP contribution is -2.36. The van der Waals surface area contributed by atoms with Gasteiger partial charge in [-0.2, -0.15) is 18.2 Å². The molecule has 1 unspecified atom stereocenters. The Hall–Kier alpha value is -4.02. The van der Waals surface area contributed by atoms with Gasteiger partial charge in [0.25, 0.3) is 5.89 Å². The molecule has 0 fully saturated rings. The number of hydrogen-bond acceptors (Lipinski definition) is 6. The average Bonchev–Trinajstić information content (AvgIpc) is 3.36. The number of halogens is 3. The van der Waals surface area contributed by atoms with Crippen LogP contribution in [0.1, 0.15) is 23.1 Å². The molecule has 0 aliphatic heterocycles. The third-order valence-corrected chi connectivity index (χ3v) is 5.91. The van der Waals surface area contributed by atoms with E-state index in [2.05, 4.69) is 15.5 Å². The van der Waals surface area contributed by atoms with Gasteiger partial charge in [0.2, 0.25) is 5.82 Å². The van der Waals surface area contributed by atoms with E-state index in [1.54, 1.807) is 55.5 Å². The molecule has 4 aromatic rings. The normalized spacial score (nSPS) is 12.5. The fourth-order valence-electron chi connectivity index (χ4n) is 3.93. The monoisotopic (exact) mass is 511 g/mol. The summed E-state index contributed by atoms with van der Waals surface area (Å²) in [7, 11) is 0. The maximum absolute atomic E-state index is 14.0. The molecule has 0 amide bonds. The van der Waals surface area contributed by atoms with Crippen LogP contribution in [0.5, 0.6) is 0 Å². The molecule has 37 heavy (non-hydrogen) atoms. The molecule has 192 valence electrons. The second-order valence-electron chi connectivity index (χ2n) is 8.48. The highest BCUT2D eigenvalue weighted by atomic mass is 19.4. The predicted octanol–water partition coefficient (Wildman–Crippen LogP) is 5.32. The molecule has 3 N–H and O–H groups in total. The van der Waals surface area contributed by atoms with Gasteiger partial charge in [0.05, 0.1) is 5.56 Å². The molecule has 0 saturated heterocycles. The van der Waals surface area contributed by atoms with Crippen LogP contribution < -0.4 is 5.32 Å². The number of carboxylic acid groups (broad SMARTS) is 1. The topological polar surface area (TPSA) is 108 Å². The summed E-state index contributed by atoms with van der Waals surface area (Å²) in [6.45, 7) is 1.78. The number of hydrogen-bond donors (Lipinski definition) is 3. The number of nitrogens with zero attached hydrogens (tertiary/aromatic N) is 2. The van der Waals surface area contributed by atoms with E-state index in [0.29, 0.717) is 11.1 Å². The molecule has 10 heteroatoms. The first-order valence-corrected chi connectivity index (χ1v) is 11.4. The number of rotatable bonds is 9. The number of carboxylic acids is 1. The average molecular weight is 512 g/mol. The van der Waals surface area contributed by atoms with Gasteiger partial charge >= 0.3 is 12.1 Å². The Morgan fingerprint density at radius 1 is 1.03 bits per heavy atom. The molecule has 0 radical (unpaired) electrons. The summed E-state index contributed by atoms with van der Waals surface area (Å²) >= 11 is 0. The second kappa shape index (κ2) is 10.9. The number of benzene rings is 3. The minimum absolute atomic E-state index is 0.0455. The third kappa shape index (κ3) is 6.04. The van der Waals surface area contributed by atoms with Crippen LogP contribution in [0.4, 0.5) is 13.2 Å². The van der Waals surface area contributed by atoms with Gasteiger partial charge in [0.1, 0.15) is 6.04 Å². The summed E-state index contributed by atoms with van der Waals surface area (Å²) in [6.07, 6.45) is -4.50. The van der Waals surface area contributed by atoms with Crippen molar-refractivity contribution in [3.63, 3.8) is 0 Å². The summed E-state index contributed by atoms with van der Waals surface area (Å²) < 4.78 is 47.1. The fraction of sp³-hybridized carbons (Fsp3) is 0.222. The van der Waals surface area contributed by atoms with E-state index < -0.39 is 23.8 Å². The molecule has 0 aliphatic rings. The van der Waals surface area contributed by atoms with E-state index in [9.17, 15) is 18.0 Å². The highest BCUT2D eigenvalue weighted by Gasteiger charge is 2.34. The molecule has 1 atom stereocenters. The number of aryl methyl sites for hydroxylation is 1. The molecule has 0 spiro atoms. The Balaban J connectivity index is 1.56. The van der Waals surface area contributed by atoms with E-state index in [-0.39, 0.29) is 42.4 Å². The van der Waals surface area contributed by atoms with E-state index in [1.807, 2.05) is 0 Å². The molecule has 3 aromatic carbocycles. The lowest BCUT2D eigenvalue weighted by Gasteiger charge is -2.15. The first-order chi connectivity index (χ1) is 17.7. The molecular weight excluding hydrogens is 487 g/mol. The third-order valence-electron chi connectivity index (χ3n) is 5.91. The first kappa shape index (κ1) is 26.1. The number of aliphatic hydroxyl groups excluding tert-OH is 1. The van der Waals surface area contributed by atoms with Gasteiger partial charge in [-0.3, -0.25) is 4.79 Å². The van der Waals surface area contributed by atoms with Gasteiger partial charge in [-0.15, -0.1) is 0 Å². The van der Waals surface area contributed by atoms with Crippen LogP contribution in [0, 0.1) is 6.92 Å². The first-order valence-electron chi connectivity index (χ1n) is 11.4. The number of aliphatic hydroxyl groups is 1. The van der Waals surface area contributed by atoms with Gasteiger partial charge < -0.3 is 20.1 Å². The van der Waals surface area contributed by atoms with Crippen molar-refractivity contribution in [3.8, 4) is 34.0 Å². The Labute approximate surface area is 210 Å². The zero-order chi connectivity index (χ0) is 26.6. The smallest absolute Gasteiger partial charge is 0.417 e. The predicted molar refractivity (Wildman–Crippen MR) is 130 cm³/mol. The van der Waals surface area contributed by atoms with E-state index in [4.69, 9.17) is 14.7 Å². The van der Waals surface area contributed by atoms with E-state index in [1.165, 1.54) is 12.1 Å². The zero-order valence-electron chi connectivity index (χ0n) is 19.8. The fourth-order valence-corrected chi connectivity index (χ4v) is 3.93. The van der Waals surface area contributed by atoms with Crippen LogP contribution in [-0.4, -0.2) is 39.0 Å². The molecular formula is C27H24F3N3O4. The Bertz CT molecular complexity index is 1380. The van der Waals surface area contributed by atoms with Crippen LogP contribution in [-0.2, 0) is 17.5 Å². The summed E-state index contributed by atoms with van der Waals surface area (Å²) in [5.74, 6) is -0.892. The second-order valence-corrected chi connectivity index (χ2v) is 8.48. The summed E-state index contributed by atoms with van der Waals surface area (Å²) in [5, 5.41) is 24.9. The van der Waals surface area contributed by atoms with Crippen molar-refractivity contribution < 1.29 is 32.7 Å². The number of carbonyl (C=O) groups is 1. The highest BCUT2D eigenvalue weighted by molar-refractivity contribution is 5.75. The van der Waals surface area contributed by atoms with Crippen LogP contribution in [0.3, 0.4) is 0 Å². The number of nitrogens with one attached hydrogen (secondary N) is 1. The van der Waals surface area contributed by atoms with E-state index in [0.717, 1.165) is 17.2 Å². The van der Waals surface area contributed by atoms with Crippen molar-refractivity contribution in [2.45, 2.75) is 32.1 Å². The maximum Gasteiger partial charge on any atom is 0.417 e. The lowest BCUT2D eigenvalue weighted by atomic mass is 9.94. The van der Waals surface area contributed by atoms with Crippen molar-refractivity contribution in [1.82, 2.24) is 15.5 Å². The van der Waals surface area contributed by atoms with Crippen molar-refractivity contribution in [2.24, 2.45) is 0 Å². The number of alkyl halides is 3. The van der Waals surface area contributed by atoms with Crippen LogP contribution in [0.15, 0.2) is 71.3 Å². The number of aliphatic carboxylic acids is 1.